The minimum atomic E-state index is -1.03. The van der Waals surface area contributed by atoms with Gasteiger partial charge in [0.05, 0.1) is 18.8 Å². The van der Waals surface area contributed by atoms with Gasteiger partial charge in [-0.15, -0.1) is 0 Å². The fraction of sp³-hybridized carbons (Fsp3) is 0.389. The third kappa shape index (κ3) is 9.44. The van der Waals surface area contributed by atoms with Crippen LogP contribution in [0, 0.1) is 5.92 Å². The molecule has 1 aliphatic rings. The molecule has 268 valence electrons. The number of aromatic nitrogens is 4. The number of hydrogen-bond acceptors (Lipinski definition) is 9. The van der Waals surface area contributed by atoms with Crippen LogP contribution in [0.4, 0.5) is 0 Å². The molecule has 0 aliphatic carbocycles. The number of benzene rings is 2. The molecule has 15 heteroatoms. The Balaban J connectivity index is 1.43. The average Bonchev–Trinajstić information content (AvgIpc) is 3.77. The summed E-state index contributed by atoms with van der Waals surface area (Å²) in [5.41, 5.74) is 1.53. The fourth-order valence-corrected chi connectivity index (χ4v) is 5.71. The topological polar surface area (TPSA) is 193 Å². The number of hydrogen-bond donors (Lipinski definition) is 4. The molecular weight excluding hydrogens is 654 g/mol. The molecule has 2 aromatic carbocycles. The summed E-state index contributed by atoms with van der Waals surface area (Å²) in [6, 6.07) is 15.6. The molecule has 0 radical (unpaired) electrons. The summed E-state index contributed by atoms with van der Waals surface area (Å²) >= 11 is 0. The average molecular weight is 698 g/mol. The largest absolute Gasteiger partial charge is 0.355 e. The van der Waals surface area contributed by atoms with E-state index in [4.69, 9.17) is 4.52 Å². The first-order valence-corrected chi connectivity index (χ1v) is 17.0. The molecule has 4 N–H and O–H groups in total. The Bertz CT molecular complexity index is 1840. The van der Waals surface area contributed by atoms with Crippen LogP contribution < -0.4 is 21.3 Å². The summed E-state index contributed by atoms with van der Waals surface area (Å²) in [5, 5.41) is 19.6. The van der Waals surface area contributed by atoms with Gasteiger partial charge < -0.3 is 30.7 Å². The Labute approximate surface area is 295 Å². The van der Waals surface area contributed by atoms with E-state index in [2.05, 4.69) is 36.5 Å². The van der Waals surface area contributed by atoms with Crippen LogP contribution in [0.3, 0.4) is 0 Å². The number of nitrogens with one attached hydrogen (secondary N) is 4. The molecule has 5 rings (SSSR count). The molecule has 0 bridgehead atoms. The molecule has 0 spiro atoms. The van der Waals surface area contributed by atoms with Gasteiger partial charge >= 0.3 is 0 Å². The van der Waals surface area contributed by atoms with E-state index >= 15 is 0 Å². The van der Waals surface area contributed by atoms with Gasteiger partial charge in [-0.3, -0.25) is 24.0 Å². The molecule has 15 nitrogen and oxygen atoms in total. The van der Waals surface area contributed by atoms with Crippen LogP contribution in [0.15, 0.2) is 71.4 Å². The number of rotatable bonds is 5. The molecule has 3 atom stereocenters. The van der Waals surface area contributed by atoms with E-state index in [1.165, 1.54) is 22.7 Å². The second kappa shape index (κ2) is 16.7. The molecule has 4 aromatic rings. The van der Waals surface area contributed by atoms with E-state index in [0.29, 0.717) is 30.1 Å². The van der Waals surface area contributed by atoms with Gasteiger partial charge in [-0.25, -0.2) is 9.67 Å². The standard InChI is InChI=1S/C36H43N9O6/c1-22(2)18-28-35(49)40-23(3)33-42-32(26-14-9-6-10-15-26)43-45(33)21-29(46)37-16-11-17-44(20-30(47)39-24(4)34(48)41-28)36(50)27-19-38-51-31(27)25-12-7-5-8-13-25/h5-10,12-15,19,22-24,28H,11,16-18,20-21H2,1-4H3,(H,37,46)(H,39,47)(H,40,49)(H,41,48)/t23-,24+,28+/m0/s1. The van der Waals surface area contributed by atoms with E-state index < -0.39 is 41.8 Å². The van der Waals surface area contributed by atoms with Gasteiger partial charge in [0, 0.05) is 24.2 Å². The highest BCUT2D eigenvalue weighted by Crippen LogP contribution is 2.25. The van der Waals surface area contributed by atoms with E-state index in [1.807, 2.05) is 50.2 Å². The van der Waals surface area contributed by atoms with Crippen molar-refractivity contribution in [3.05, 3.63) is 78.2 Å². The highest BCUT2D eigenvalue weighted by Gasteiger charge is 2.30. The van der Waals surface area contributed by atoms with Crippen LogP contribution in [0.2, 0.25) is 0 Å². The van der Waals surface area contributed by atoms with Gasteiger partial charge in [0.2, 0.25) is 23.6 Å². The van der Waals surface area contributed by atoms with E-state index in [0.717, 1.165) is 5.56 Å². The van der Waals surface area contributed by atoms with Crippen molar-refractivity contribution in [1.82, 2.24) is 46.1 Å². The minimum absolute atomic E-state index is 0.0395. The highest BCUT2D eigenvalue weighted by molar-refractivity contribution is 6.01. The van der Waals surface area contributed by atoms with Crippen LogP contribution in [-0.4, -0.2) is 86.1 Å². The van der Waals surface area contributed by atoms with Crippen molar-refractivity contribution in [3.8, 4) is 22.7 Å². The minimum Gasteiger partial charge on any atom is -0.355 e. The second-order valence-electron chi connectivity index (χ2n) is 12.9. The number of carbonyl (C=O) groups excluding carboxylic acids is 5. The summed E-state index contributed by atoms with van der Waals surface area (Å²) in [7, 11) is 0. The third-order valence-electron chi connectivity index (χ3n) is 8.27. The summed E-state index contributed by atoms with van der Waals surface area (Å²) in [5.74, 6) is -1.46. The molecule has 3 heterocycles. The van der Waals surface area contributed by atoms with Gasteiger partial charge in [-0.05, 0) is 32.6 Å². The predicted molar refractivity (Wildman–Crippen MR) is 186 cm³/mol. The van der Waals surface area contributed by atoms with Crippen molar-refractivity contribution in [1.29, 1.82) is 0 Å². The Morgan fingerprint density at radius 1 is 0.863 bits per heavy atom. The summed E-state index contributed by atoms with van der Waals surface area (Å²) in [6.07, 6.45) is 1.92. The van der Waals surface area contributed by atoms with Crippen molar-refractivity contribution < 1.29 is 28.5 Å². The van der Waals surface area contributed by atoms with E-state index in [9.17, 15) is 24.0 Å². The first-order valence-electron chi connectivity index (χ1n) is 17.0. The van der Waals surface area contributed by atoms with Gasteiger partial charge in [0.15, 0.2) is 11.6 Å². The van der Waals surface area contributed by atoms with Crippen LogP contribution in [0.1, 0.15) is 62.8 Å². The van der Waals surface area contributed by atoms with Gasteiger partial charge in [0.25, 0.3) is 5.91 Å². The highest BCUT2D eigenvalue weighted by atomic mass is 16.5. The van der Waals surface area contributed by atoms with Crippen molar-refractivity contribution in [3.63, 3.8) is 0 Å². The Morgan fingerprint density at radius 2 is 1.55 bits per heavy atom. The Kier molecular flexibility index (Phi) is 11.9. The fourth-order valence-electron chi connectivity index (χ4n) is 5.71. The number of nitrogens with zero attached hydrogens (tertiary/aromatic N) is 5. The molecule has 0 saturated heterocycles. The smallest absolute Gasteiger partial charge is 0.259 e. The SMILES string of the molecule is CC(C)C[C@H]1NC(=O)[C@@H](C)NC(=O)CN(C(=O)c2cnoc2-c2ccccc2)CCCNC(=O)Cn2nc(-c3ccccc3)nc2[C@H](C)NC1=O. The predicted octanol–water partition coefficient (Wildman–Crippen LogP) is 2.48. The van der Waals surface area contributed by atoms with Crippen molar-refractivity contribution in [2.45, 2.75) is 65.2 Å². The van der Waals surface area contributed by atoms with Gasteiger partial charge in [-0.1, -0.05) is 79.7 Å². The van der Waals surface area contributed by atoms with Gasteiger partial charge in [0.1, 0.15) is 30.0 Å². The maximum Gasteiger partial charge on any atom is 0.259 e. The van der Waals surface area contributed by atoms with Crippen molar-refractivity contribution >= 4 is 29.5 Å². The normalized spacial score (nSPS) is 19.9. The third-order valence-corrected chi connectivity index (χ3v) is 8.27. The van der Waals surface area contributed by atoms with Gasteiger partial charge in [-0.2, -0.15) is 5.10 Å². The molecule has 1 aliphatic heterocycles. The van der Waals surface area contributed by atoms with E-state index in [1.54, 1.807) is 31.2 Å². The second-order valence-corrected chi connectivity index (χ2v) is 12.9. The maximum atomic E-state index is 13.9. The lowest BCUT2D eigenvalue weighted by Crippen LogP contribution is -2.54. The quantitative estimate of drug-likeness (QED) is 0.243. The molecule has 0 fully saturated rings. The Morgan fingerprint density at radius 3 is 2.24 bits per heavy atom. The zero-order chi connectivity index (χ0) is 36.5. The lowest BCUT2D eigenvalue weighted by atomic mass is 10.0. The molecule has 51 heavy (non-hydrogen) atoms. The lowest BCUT2D eigenvalue weighted by Gasteiger charge is -2.25. The number of amides is 5. The van der Waals surface area contributed by atoms with Crippen LogP contribution >= 0.6 is 0 Å². The zero-order valence-electron chi connectivity index (χ0n) is 29.1. The Hall–Kier alpha value is -5.86. The van der Waals surface area contributed by atoms with Crippen LogP contribution in [0.5, 0.6) is 0 Å². The molecule has 5 amide bonds. The summed E-state index contributed by atoms with van der Waals surface area (Å²) in [6.45, 7) is 6.78. The first kappa shape index (κ1) is 36.4. The van der Waals surface area contributed by atoms with Crippen molar-refractivity contribution in [2.75, 3.05) is 19.6 Å². The van der Waals surface area contributed by atoms with E-state index in [-0.39, 0.29) is 49.3 Å². The number of carbonyl (C=O) groups is 5. The summed E-state index contributed by atoms with van der Waals surface area (Å²) < 4.78 is 6.87. The molecular formula is C36H43N9O6. The lowest BCUT2D eigenvalue weighted by molar-refractivity contribution is -0.132. The molecule has 0 saturated carbocycles. The number of fused-ring (bicyclic) bond motifs is 1. The monoisotopic (exact) mass is 697 g/mol. The van der Waals surface area contributed by atoms with Crippen LogP contribution in [-0.2, 0) is 25.7 Å². The van der Waals surface area contributed by atoms with Crippen LogP contribution in [0.25, 0.3) is 22.7 Å². The maximum absolute atomic E-state index is 13.9. The van der Waals surface area contributed by atoms with Crippen molar-refractivity contribution in [2.24, 2.45) is 5.92 Å². The molecule has 0 unspecified atom stereocenters. The summed E-state index contributed by atoms with van der Waals surface area (Å²) in [4.78, 5) is 73.3. The zero-order valence-corrected chi connectivity index (χ0v) is 29.1. The first-order chi connectivity index (χ1) is 24.5. The molecule has 2 aromatic heterocycles.